The van der Waals surface area contributed by atoms with Gasteiger partial charge >= 0.3 is 6.09 Å². The molecule has 3 N–H and O–H groups in total. The van der Waals surface area contributed by atoms with Crippen LogP contribution in [0.25, 0.3) is 11.3 Å². The Morgan fingerprint density at radius 1 is 1.56 bits per heavy atom. The van der Waals surface area contributed by atoms with Crippen LogP contribution in [0.15, 0.2) is 35.1 Å². The van der Waals surface area contributed by atoms with E-state index in [9.17, 15) is 4.79 Å². The van der Waals surface area contributed by atoms with Crippen molar-refractivity contribution < 1.29 is 14.4 Å². The van der Waals surface area contributed by atoms with E-state index in [1.807, 2.05) is 0 Å². The first-order valence-electron chi connectivity index (χ1n) is 4.39. The molecular weight excluding hydrogens is 210 g/mol. The number of nitrogens with zero attached hydrogens (tertiary/aromatic N) is 2. The predicted octanol–water partition coefficient (Wildman–Crippen LogP) is 1.50. The van der Waals surface area contributed by atoms with Crippen LogP contribution in [0, 0.1) is 6.07 Å². The van der Waals surface area contributed by atoms with E-state index in [1.165, 1.54) is 12.3 Å². The summed E-state index contributed by atoms with van der Waals surface area (Å²) >= 11 is 0. The monoisotopic (exact) mass is 218 g/mol. The maximum Gasteiger partial charge on any atom is 0.426 e. The fourth-order valence-corrected chi connectivity index (χ4v) is 1.29. The molecule has 0 saturated heterocycles. The first kappa shape index (κ1) is 10.2. The molecule has 2 rings (SSSR count). The van der Waals surface area contributed by atoms with Crippen LogP contribution >= 0.6 is 0 Å². The minimum absolute atomic E-state index is 0.295. The molecule has 6 heteroatoms. The second kappa shape index (κ2) is 4.03. The van der Waals surface area contributed by atoms with Gasteiger partial charge in [0.1, 0.15) is 12.0 Å². The molecule has 1 amide bonds. The number of amides is 1. The standard InChI is InChI=1S/C10H8N3O3/c11-13(10(14)15)9-4-2-1-3-7(9)8-5-6-16-12-8/h1,3-6H,11H2,(H,14,15). The van der Waals surface area contributed by atoms with E-state index in [1.54, 1.807) is 18.2 Å². The van der Waals surface area contributed by atoms with Gasteiger partial charge < -0.3 is 9.63 Å². The SMILES string of the molecule is NN(C(=O)O)c1c[c]ccc1-c1ccon1. The number of carboxylic acid groups (broad SMARTS) is 1. The van der Waals surface area contributed by atoms with Crippen LogP contribution in [-0.2, 0) is 0 Å². The number of hydrazine groups is 1. The zero-order chi connectivity index (χ0) is 11.5. The maximum absolute atomic E-state index is 10.8. The van der Waals surface area contributed by atoms with Gasteiger partial charge in [-0.1, -0.05) is 11.2 Å². The summed E-state index contributed by atoms with van der Waals surface area (Å²) in [5.74, 6) is 5.40. The Bertz CT molecular complexity index is 496. The lowest BCUT2D eigenvalue weighted by molar-refractivity contribution is 0.202. The fourth-order valence-electron chi connectivity index (χ4n) is 1.29. The summed E-state index contributed by atoms with van der Waals surface area (Å²) < 4.78 is 4.70. The number of carbonyl (C=O) groups is 1. The van der Waals surface area contributed by atoms with Crippen molar-refractivity contribution in [3.63, 3.8) is 0 Å². The Balaban J connectivity index is 2.50. The van der Waals surface area contributed by atoms with Gasteiger partial charge in [-0.25, -0.2) is 15.6 Å². The fraction of sp³-hybridized carbons (Fsp3) is 0. The van der Waals surface area contributed by atoms with Gasteiger partial charge in [0.25, 0.3) is 0 Å². The summed E-state index contributed by atoms with van der Waals surface area (Å²) in [5.41, 5.74) is 1.38. The number of anilines is 1. The van der Waals surface area contributed by atoms with Crippen LogP contribution in [0.2, 0.25) is 0 Å². The van der Waals surface area contributed by atoms with E-state index in [2.05, 4.69) is 11.2 Å². The second-order valence-corrected chi connectivity index (χ2v) is 2.98. The van der Waals surface area contributed by atoms with Crippen LogP contribution in [0.4, 0.5) is 10.5 Å². The lowest BCUT2D eigenvalue weighted by Crippen LogP contribution is -2.36. The molecule has 0 fully saturated rings. The average Bonchev–Trinajstić information content (AvgIpc) is 2.81. The number of hydrogen-bond acceptors (Lipinski definition) is 4. The predicted molar refractivity (Wildman–Crippen MR) is 55.5 cm³/mol. The summed E-state index contributed by atoms with van der Waals surface area (Å²) in [7, 11) is 0. The first-order valence-corrected chi connectivity index (χ1v) is 4.39. The van der Waals surface area contributed by atoms with Crippen molar-refractivity contribution in [3.8, 4) is 11.3 Å². The van der Waals surface area contributed by atoms with Crippen molar-refractivity contribution in [2.24, 2.45) is 5.84 Å². The normalized spacial score (nSPS) is 10.1. The highest BCUT2D eigenvalue weighted by Gasteiger charge is 2.15. The van der Waals surface area contributed by atoms with Crippen molar-refractivity contribution >= 4 is 11.8 Å². The van der Waals surface area contributed by atoms with E-state index in [-0.39, 0.29) is 0 Å². The van der Waals surface area contributed by atoms with Gasteiger partial charge in [-0.05, 0) is 18.2 Å². The molecule has 81 valence electrons. The molecule has 0 aliphatic heterocycles. The van der Waals surface area contributed by atoms with Gasteiger partial charge in [0.15, 0.2) is 0 Å². The van der Waals surface area contributed by atoms with Crippen molar-refractivity contribution in [3.05, 3.63) is 36.6 Å². The van der Waals surface area contributed by atoms with Crippen molar-refractivity contribution in [2.75, 3.05) is 5.01 Å². The zero-order valence-electron chi connectivity index (χ0n) is 8.12. The first-order chi connectivity index (χ1) is 7.70. The van der Waals surface area contributed by atoms with E-state index < -0.39 is 6.09 Å². The molecule has 1 radical (unpaired) electrons. The third-order valence-corrected chi connectivity index (χ3v) is 2.02. The molecule has 0 atom stereocenters. The maximum atomic E-state index is 10.8. The highest BCUT2D eigenvalue weighted by Crippen LogP contribution is 2.27. The van der Waals surface area contributed by atoms with Crippen molar-refractivity contribution in [1.82, 2.24) is 5.16 Å². The quantitative estimate of drug-likeness (QED) is 0.452. The summed E-state index contributed by atoms with van der Waals surface area (Å²) in [6, 6.07) is 9.15. The van der Waals surface area contributed by atoms with Gasteiger partial charge in [0, 0.05) is 11.6 Å². The van der Waals surface area contributed by atoms with Crippen molar-refractivity contribution in [2.45, 2.75) is 0 Å². The van der Waals surface area contributed by atoms with E-state index >= 15 is 0 Å². The summed E-state index contributed by atoms with van der Waals surface area (Å²) in [5, 5.41) is 13.1. The molecule has 16 heavy (non-hydrogen) atoms. The molecule has 1 aromatic carbocycles. The van der Waals surface area contributed by atoms with E-state index in [0.717, 1.165) is 0 Å². The van der Waals surface area contributed by atoms with Gasteiger partial charge in [-0.15, -0.1) is 0 Å². The molecule has 1 heterocycles. The Hall–Kier alpha value is -2.34. The van der Waals surface area contributed by atoms with E-state index in [4.69, 9.17) is 15.5 Å². The number of benzene rings is 1. The largest absolute Gasteiger partial charge is 0.464 e. The Morgan fingerprint density at radius 2 is 2.38 bits per heavy atom. The molecular formula is C10H8N3O3. The van der Waals surface area contributed by atoms with Crippen LogP contribution in [0.5, 0.6) is 0 Å². The summed E-state index contributed by atoms with van der Waals surface area (Å²) in [4.78, 5) is 10.8. The molecule has 6 nitrogen and oxygen atoms in total. The minimum Gasteiger partial charge on any atom is -0.464 e. The zero-order valence-corrected chi connectivity index (χ0v) is 8.12. The third kappa shape index (κ3) is 1.73. The molecule has 1 aromatic heterocycles. The molecule has 0 spiro atoms. The number of aromatic nitrogens is 1. The highest BCUT2D eigenvalue weighted by molar-refractivity contribution is 5.90. The van der Waals surface area contributed by atoms with Crippen molar-refractivity contribution in [1.29, 1.82) is 0 Å². The summed E-state index contributed by atoms with van der Waals surface area (Å²) in [6.07, 6.45) is 0.140. The molecule has 0 unspecified atom stereocenters. The number of rotatable bonds is 2. The molecule has 0 aliphatic rings. The lowest BCUT2D eigenvalue weighted by atomic mass is 10.1. The van der Waals surface area contributed by atoms with E-state index in [0.29, 0.717) is 22.0 Å². The van der Waals surface area contributed by atoms with Gasteiger partial charge in [-0.3, -0.25) is 0 Å². The number of hydrogen-bond donors (Lipinski definition) is 2. The number of nitrogens with two attached hydrogens (primary N) is 1. The van der Waals surface area contributed by atoms with Gasteiger partial charge in [0.2, 0.25) is 0 Å². The molecule has 2 aromatic rings. The summed E-state index contributed by atoms with van der Waals surface area (Å²) in [6.45, 7) is 0. The Morgan fingerprint density at radius 3 is 3.00 bits per heavy atom. The Kier molecular flexibility index (Phi) is 2.57. The minimum atomic E-state index is -1.26. The Labute approximate surface area is 90.8 Å². The second-order valence-electron chi connectivity index (χ2n) is 2.98. The molecule has 0 aliphatic carbocycles. The van der Waals surface area contributed by atoms with Crippen LogP contribution in [0.3, 0.4) is 0 Å². The van der Waals surface area contributed by atoms with Crippen LogP contribution in [-0.4, -0.2) is 16.4 Å². The lowest BCUT2D eigenvalue weighted by Gasteiger charge is -2.15. The third-order valence-electron chi connectivity index (χ3n) is 2.02. The van der Waals surface area contributed by atoms with Crippen LogP contribution in [0.1, 0.15) is 0 Å². The molecule has 0 saturated carbocycles. The van der Waals surface area contributed by atoms with Gasteiger partial charge in [0.05, 0.1) is 5.69 Å². The van der Waals surface area contributed by atoms with Crippen LogP contribution < -0.4 is 10.9 Å². The molecule has 0 bridgehead atoms. The topological polar surface area (TPSA) is 92.6 Å². The highest BCUT2D eigenvalue weighted by atomic mass is 16.5. The van der Waals surface area contributed by atoms with Gasteiger partial charge in [-0.2, -0.15) is 0 Å². The smallest absolute Gasteiger partial charge is 0.426 e. The average molecular weight is 218 g/mol.